The summed E-state index contributed by atoms with van der Waals surface area (Å²) in [6.07, 6.45) is -2.78. The molecule has 4 rings (SSSR count). The molecule has 2 aliphatic heterocycles. The van der Waals surface area contributed by atoms with E-state index in [9.17, 15) is 18.0 Å². The van der Waals surface area contributed by atoms with Gasteiger partial charge in [-0.05, 0) is 18.2 Å². The van der Waals surface area contributed by atoms with Crippen molar-refractivity contribution in [3.63, 3.8) is 0 Å². The highest BCUT2D eigenvalue weighted by Crippen LogP contribution is 2.43. The van der Waals surface area contributed by atoms with Gasteiger partial charge in [-0.25, -0.2) is 4.98 Å². The van der Waals surface area contributed by atoms with Gasteiger partial charge in [0, 0.05) is 30.1 Å². The van der Waals surface area contributed by atoms with Crippen molar-refractivity contribution in [2.24, 2.45) is 0 Å². The standard InChI is InChI=1S/C20H21F3N2O6S/c1-27-15-10-13(2-3-14(15)28-7-8-30-20(21,22)23)17(26)25-6-4-19(18-24-5-9-32-18)16(11-25)29-12-31-19/h2-3,5,9-10,16H,4,6-8,11-12H2,1H3. The van der Waals surface area contributed by atoms with Crippen LogP contribution in [0.1, 0.15) is 21.8 Å². The Morgan fingerprint density at radius 1 is 1.34 bits per heavy atom. The van der Waals surface area contributed by atoms with E-state index < -0.39 is 18.6 Å². The number of methoxy groups -OCH3 is 1. The molecule has 3 heterocycles. The summed E-state index contributed by atoms with van der Waals surface area (Å²) < 4.78 is 62.1. The highest BCUT2D eigenvalue weighted by atomic mass is 32.1. The van der Waals surface area contributed by atoms with Gasteiger partial charge in [-0.2, -0.15) is 0 Å². The van der Waals surface area contributed by atoms with Crippen molar-refractivity contribution < 1.29 is 41.7 Å². The summed E-state index contributed by atoms with van der Waals surface area (Å²) >= 11 is 1.50. The van der Waals surface area contributed by atoms with Gasteiger partial charge in [0.15, 0.2) is 17.1 Å². The molecule has 0 bridgehead atoms. The summed E-state index contributed by atoms with van der Waals surface area (Å²) in [5.74, 6) is 0.222. The summed E-state index contributed by atoms with van der Waals surface area (Å²) in [6.45, 7) is -0.0515. The van der Waals surface area contributed by atoms with Crippen LogP contribution in [-0.2, 0) is 19.8 Å². The van der Waals surface area contributed by atoms with Crippen LogP contribution in [-0.4, -0.2) is 68.5 Å². The first kappa shape index (κ1) is 22.8. The fourth-order valence-corrected chi connectivity index (χ4v) is 4.67. The second kappa shape index (κ2) is 9.22. The number of hydrogen-bond acceptors (Lipinski definition) is 8. The summed E-state index contributed by atoms with van der Waals surface area (Å²) in [5, 5.41) is 2.72. The second-order valence-corrected chi connectivity index (χ2v) is 8.05. The molecule has 2 aliphatic rings. The molecule has 8 nitrogen and oxygen atoms in total. The number of benzene rings is 1. The van der Waals surface area contributed by atoms with E-state index in [4.69, 9.17) is 18.9 Å². The van der Waals surface area contributed by atoms with Gasteiger partial charge in [-0.15, -0.1) is 24.5 Å². The zero-order valence-corrected chi connectivity index (χ0v) is 17.9. The van der Waals surface area contributed by atoms with E-state index in [1.165, 1.54) is 30.6 Å². The number of alkyl halides is 3. The number of carbonyl (C=O) groups excluding carboxylic acids is 1. The third-order valence-corrected chi connectivity index (χ3v) is 6.28. The SMILES string of the molecule is COc1cc(C(=O)N2CCC3(c4nccs4)OCOC3C2)ccc1OCCOC(F)(F)F. The Balaban J connectivity index is 1.41. The first-order chi connectivity index (χ1) is 15.3. The molecule has 32 heavy (non-hydrogen) atoms. The van der Waals surface area contributed by atoms with Crippen molar-refractivity contribution in [2.75, 3.05) is 40.2 Å². The molecule has 2 atom stereocenters. The highest BCUT2D eigenvalue weighted by Gasteiger charge is 2.52. The summed E-state index contributed by atoms with van der Waals surface area (Å²) in [7, 11) is 1.38. The van der Waals surface area contributed by atoms with Crippen molar-refractivity contribution in [3.8, 4) is 11.5 Å². The van der Waals surface area contributed by atoms with Crippen molar-refractivity contribution in [1.82, 2.24) is 9.88 Å². The maximum absolute atomic E-state index is 13.1. The monoisotopic (exact) mass is 474 g/mol. The number of halogens is 3. The minimum atomic E-state index is -4.72. The molecule has 0 spiro atoms. The molecule has 1 amide bonds. The van der Waals surface area contributed by atoms with Gasteiger partial charge < -0.3 is 23.8 Å². The molecule has 1 aromatic heterocycles. The third-order valence-electron chi connectivity index (χ3n) is 5.34. The smallest absolute Gasteiger partial charge is 0.493 e. The maximum Gasteiger partial charge on any atom is 0.522 e. The lowest BCUT2D eigenvalue weighted by atomic mass is 9.89. The summed E-state index contributed by atoms with van der Waals surface area (Å²) in [5.41, 5.74) is -0.278. The molecule has 2 unspecified atom stereocenters. The van der Waals surface area contributed by atoms with Gasteiger partial charge in [0.1, 0.15) is 24.5 Å². The number of hydrogen-bond donors (Lipinski definition) is 0. The van der Waals surface area contributed by atoms with Crippen molar-refractivity contribution in [3.05, 3.63) is 40.3 Å². The number of ether oxygens (including phenoxy) is 5. The molecular formula is C20H21F3N2O6S. The van der Waals surface area contributed by atoms with Crippen LogP contribution in [0.5, 0.6) is 11.5 Å². The topological polar surface area (TPSA) is 79.4 Å². The molecule has 1 aromatic carbocycles. The number of fused-ring (bicyclic) bond motifs is 1. The highest BCUT2D eigenvalue weighted by molar-refractivity contribution is 7.09. The number of piperidine rings is 1. The minimum absolute atomic E-state index is 0.143. The van der Waals surface area contributed by atoms with Crippen LogP contribution >= 0.6 is 11.3 Å². The fourth-order valence-electron chi connectivity index (χ4n) is 3.81. The minimum Gasteiger partial charge on any atom is -0.493 e. The van der Waals surface area contributed by atoms with Crippen LogP contribution in [0.4, 0.5) is 13.2 Å². The van der Waals surface area contributed by atoms with Crippen LogP contribution in [0.3, 0.4) is 0 Å². The zero-order valence-electron chi connectivity index (χ0n) is 17.1. The lowest BCUT2D eigenvalue weighted by Crippen LogP contribution is -2.53. The van der Waals surface area contributed by atoms with E-state index in [0.717, 1.165) is 5.01 Å². The number of likely N-dealkylation sites (tertiary alicyclic amines) is 1. The van der Waals surface area contributed by atoms with Gasteiger partial charge in [-0.3, -0.25) is 9.53 Å². The Kier molecular flexibility index (Phi) is 6.56. The average Bonchev–Trinajstić information content (AvgIpc) is 3.45. The third kappa shape index (κ3) is 4.68. The van der Waals surface area contributed by atoms with Gasteiger partial charge in [-0.1, -0.05) is 0 Å². The van der Waals surface area contributed by atoms with Crippen LogP contribution in [0.25, 0.3) is 0 Å². The van der Waals surface area contributed by atoms with E-state index in [0.29, 0.717) is 25.1 Å². The summed E-state index contributed by atoms with van der Waals surface area (Å²) in [4.78, 5) is 19.2. The number of aromatic nitrogens is 1. The van der Waals surface area contributed by atoms with Crippen LogP contribution < -0.4 is 9.47 Å². The van der Waals surface area contributed by atoms with Gasteiger partial charge >= 0.3 is 6.36 Å². The summed E-state index contributed by atoms with van der Waals surface area (Å²) in [6, 6.07) is 4.52. The Morgan fingerprint density at radius 2 is 2.19 bits per heavy atom. The first-order valence-electron chi connectivity index (χ1n) is 9.79. The first-order valence-corrected chi connectivity index (χ1v) is 10.7. The van der Waals surface area contributed by atoms with E-state index in [-0.39, 0.29) is 36.9 Å². The van der Waals surface area contributed by atoms with E-state index in [1.807, 2.05) is 5.38 Å². The van der Waals surface area contributed by atoms with Crippen molar-refractivity contribution in [1.29, 1.82) is 0 Å². The quantitative estimate of drug-likeness (QED) is 0.571. The molecule has 12 heteroatoms. The molecule has 0 radical (unpaired) electrons. The van der Waals surface area contributed by atoms with Crippen LogP contribution in [0.2, 0.25) is 0 Å². The molecule has 174 valence electrons. The Labute approximate surface area is 185 Å². The van der Waals surface area contributed by atoms with Gasteiger partial charge in [0.05, 0.1) is 20.3 Å². The van der Waals surface area contributed by atoms with Crippen LogP contribution in [0, 0.1) is 0 Å². The lowest BCUT2D eigenvalue weighted by molar-refractivity contribution is -0.325. The Morgan fingerprint density at radius 3 is 2.91 bits per heavy atom. The Bertz CT molecular complexity index is 942. The average molecular weight is 474 g/mol. The van der Waals surface area contributed by atoms with Crippen LogP contribution in [0.15, 0.2) is 29.8 Å². The molecule has 2 aromatic rings. The molecule has 2 saturated heterocycles. The Hall–Kier alpha value is -2.41. The number of thiazole rings is 1. The normalized spacial score (nSPS) is 23.1. The molecular weight excluding hydrogens is 453 g/mol. The van der Waals surface area contributed by atoms with E-state index >= 15 is 0 Å². The lowest BCUT2D eigenvalue weighted by Gasteiger charge is -2.40. The van der Waals surface area contributed by atoms with Gasteiger partial charge in [0.2, 0.25) is 0 Å². The number of carbonyl (C=O) groups is 1. The number of rotatable bonds is 7. The molecule has 0 saturated carbocycles. The molecule has 0 aliphatic carbocycles. The second-order valence-electron chi connectivity index (χ2n) is 7.15. The molecule has 2 fully saturated rings. The maximum atomic E-state index is 13.1. The van der Waals surface area contributed by atoms with E-state index in [2.05, 4.69) is 9.72 Å². The van der Waals surface area contributed by atoms with Gasteiger partial charge in [0.25, 0.3) is 5.91 Å². The number of nitrogens with zero attached hydrogens (tertiary/aromatic N) is 2. The molecule has 0 N–H and O–H groups in total. The van der Waals surface area contributed by atoms with Crippen molar-refractivity contribution >= 4 is 17.2 Å². The predicted octanol–water partition coefficient (Wildman–Crippen LogP) is 3.18. The largest absolute Gasteiger partial charge is 0.522 e. The zero-order chi connectivity index (χ0) is 22.8. The fraction of sp³-hybridized carbons (Fsp3) is 0.500. The number of amides is 1. The van der Waals surface area contributed by atoms with E-state index in [1.54, 1.807) is 17.2 Å². The van der Waals surface area contributed by atoms with Crippen molar-refractivity contribution in [2.45, 2.75) is 24.5 Å². The predicted molar refractivity (Wildman–Crippen MR) is 106 cm³/mol.